The number of carbonyl (C=O) groups is 1. The van der Waals surface area contributed by atoms with Crippen molar-refractivity contribution in [3.8, 4) is 6.07 Å². The van der Waals surface area contributed by atoms with Gasteiger partial charge in [0.05, 0.1) is 23.3 Å². The second-order valence-corrected chi connectivity index (χ2v) is 11.3. The van der Waals surface area contributed by atoms with Crippen LogP contribution in [0.25, 0.3) is 0 Å². The molecule has 2 aliphatic rings. The molecule has 0 bridgehead atoms. The number of benzene rings is 1. The van der Waals surface area contributed by atoms with Crippen LogP contribution in [0, 0.1) is 11.3 Å². The highest BCUT2D eigenvalue weighted by atomic mass is 79.9. The predicted octanol–water partition coefficient (Wildman–Crippen LogP) is 2.08. The van der Waals surface area contributed by atoms with Gasteiger partial charge in [-0.25, -0.2) is 8.42 Å². The third-order valence-corrected chi connectivity index (χ3v) is 8.77. The highest BCUT2D eigenvalue weighted by Crippen LogP contribution is 2.26. The first-order chi connectivity index (χ1) is 12.9. The summed E-state index contributed by atoms with van der Waals surface area (Å²) in [5, 5.41) is 9.63. The summed E-state index contributed by atoms with van der Waals surface area (Å²) in [6.45, 7) is 2.50. The lowest BCUT2D eigenvalue weighted by Crippen LogP contribution is -2.50. The Kier molecular flexibility index (Phi) is 6.84. The van der Waals surface area contributed by atoms with Crippen LogP contribution in [-0.2, 0) is 14.6 Å². The minimum absolute atomic E-state index is 0.0422. The van der Waals surface area contributed by atoms with Crippen molar-refractivity contribution in [2.24, 2.45) is 0 Å². The minimum Gasteiger partial charge on any atom is -0.339 e. The first-order valence-electron chi connectivity index (χ1n) is 8.87. The Morgan fingerprint density at radius 2 is 1.93 bits per heavy atom. The number of sulfone groups is 1. The number of hydrogen-bond donors (Lipinski definition) is 0. The molecule has 146 valence electrons. The van der Waals surface area contributed by atoms with E-state index >= 15 is 0 Å². The molecule has 27 heavy (non-hydrogen) atoms. The summed E-state index contributed by atoms with van der Waals surface area (Å²) in [5.74, 6) is 0.814. The van der Waals surface area contributed by atoms with Gasteiger partial charge in [0, 0.05) is 35.9 Å². The average Bonchev–Trinajstić information content (AvgIpc) is 3.01. The van der Waals surface area contributed by atoms with Gasteiger partial charge in [0.25, 0.3) is 0 Å². The number of nitriles is 1. The first kappa shape index (κ1) is 20.6. The van der Waals surface area contributed by atoms with Gasteiger partial charge in [-0.05, 0) is 24.1 Å². The molecule has 2 heterocycles. The minimum atomic E-state index is -2.90. The maximum atomic E-state index is 12.4. The van der Waals surface area contributed by atoms with Crippen molar-refractivity contribution in [3.05, 3.63) is 34.3 Å². The molecule has 2 unspecified atom stereocenters. The molecule has 2 fully saturated rings. The average molecular weight is 472 g/mol. The van der Waals surface area contributed by atoms with E-state index in [1.54, 1.807) is 0 Å². The fourth-order valence-corrected chi connectivity index (χ4v) is 7.22. The van der Waals surface area contributed by atoms with Gasteiger partial charge in [0.2, 0.25) is 5.91 Å². The van der Waals surface area contributed by atoms with Crippen molar-refractivity contribution < 1.29 is 13.2 Å². The number of piperazine rings is 1. The summed E-state index contributed by atoms with van der Waals surface area (Å²) in [7, 11) is -2.90. The Hall–Kier alpha value is -1.08. The molecule has 2 saturated heterocycles. The topological polar surface area (TPSA) is 81.5 Å². The lowest BCUT2D eigenvalue weighted by atomic mass is 10.1. The van der Waals surface area contributed by atoms with Gasteiger partial charge in [-0.2, -0.15) is 5.26 Å². The Balaban J connectivity index is 1.48. The summed E-state index contributed by atoms with van der Waals surface area (Å²) in [6, 6.07) is 9.81. The molecular weight excluding hydrogens is 450 g/mol. The Bertz CT molecular complexity index is 815. The van der Waals surface area contributed by atoms with Crippen molar-refractivity contribution >= 4 is 43.4 Å². The predicted molar refractivity (Wildman–Crippen MR) is 110 cm³/mol. The smallest absolute Gasteiger partial charge is 0.232 e. The SMILES string of the molecule is N#CC(c1ccc(Br)cc1)N1CCN(C(=O)CSC2CCS(=O)(=O)C2)CC1. The van der Waals surface area contributed by atoms with E-state index in [-0.39, 0.29) is 28.7 Å². The number of hydrogen-bond acceptors (Lipinski definition) is 6. The first-order valence-corrected chi connectivity index (χ1v) is 12.5. The van der Waals surface area contributed by atoms with Gasteiger partial charge in [-0.1, -0.05) is 28.1 Å². The molecule has 0 aromatic heterocycles. The van der Waals surface area contributed by atoms with Crippen LogP contribution in [0.2, 0.25) is 0 Å². The fourth-order valence-electron chi connectivity index (χ4n) is 3.41. The molecule has 3 rings (SSSR count). The highest BCUT2D eigenvalue weighted by molar-refractivity contribution is 9.10. The highest BCUT2D eigenvalue weighted by Gasteiger charge is 2.30. The summed E-state index contributed by atoms with van der Waals surface area (Å²) >= 11 is 4.86. The molecule has 2 aliphatic heterocycles. The van der Waals surface area contributed by atoms with E-state index < -0.39 is 9.84 Å². The molecule has 0 aliphatic carbocycles. The molecule has 0 radical (unpaired) electrons. The molecule has 9 heteroatoms. The zero-order valence-corrected chi connectivity index (χ0v) is 18.1. The van der Waals surface area contributed by atoms with Crippen LogP contribution in [0.4, 0.5) is 0 Å². The Morgan fingerprint density at radius 1 is 1.26 bits per heavy atom. The molecule has 2 atom stereocenters. The standard InChI is InChI=1S/C18H22BrN3O3S2/c19-15-3-1-14(2-4-15)17(11-20)21-6-8-22(9-7-21)18(23)12-26-16-5-10-27(24,25)13-16/h1-4,16-17H,5-10,12-13H2. The van der Waals surface area contributed by atoms with Crippen LogP contribution in [0.1, 0.15) is 18.0 Å². The third-order valence-electron chi connectivity index (χ3n) is 4.97. The van der Waals surface area contributed by atoms with Crippen molar-refractivity contribution in [2.75, 3.05) is 43.4 Å². The van der Waals surface area contributed by atoms with Crippen LogP contribution >= 0.6 is 27.7 Å². The van der Waals surface area contributed by atoms with Gasteiger partial charge in [-0.3, -0.25) is 9.69 Å². The van der Waals surface area contributed by atoms with Gasteiger partial charge in [-0.15, -0.1) is 11.8 Å². The molecule has 0 N–H and O–H groups in total. The van der Waals surface area contributed by atoms with Gasteiger partial charge in [0.15, 0.2) is 9.84 Å². The largest absolute Gasteiger partial charge is 0.339 e. The van der Waals surface area contributed by atoms with Crippen LogP contribution < -0.4 is 0 Å². The lowest BCUT2D eigenvalue weighted by molar-refractivity contribution is -0.130. The van der Waals surface area contributed by atoms with E-state index in [1.165, 1.54) is 11.8 Å². The Labute approximate surface area is 172 Å². The summed E-state index contributed by atoms with van der Waals surface area (Å²) in [4.78, 5) is 16.4. The molecule has 0 saturated carbocycles. The number of rotatable bonds is 5. The third kappa shape index (κ3) is 5.47. The number of halogens is 1. The zero-order valence-electron chi connectivity index (χ0n) is 14.9. The van der Waals surface area contributed by atoms with E-state index in [9.17, 15) is 18.5 Å². The summed E-state index contributed by atoms with van der Waals surface area (Å²) in [5.41, 5.74) is 0.957. The van der Waals surface area contributed by atoms with Gasteiger partial charge in [0.1, 0.15) is 6.04 Å². The van der Waals surface area contributed by atoms with E-state index in [0.717, 1.165) is 10.0 Å². The second-order valence-electron chi connectivity index (χ2n) is 6.84. The molecule has 1 aromatic carbocycles. The number of amides is 1. The van der Waals surface area contributed by atoms with Crippen molar-refractivity contribution in [2.45, 2.75) is 17.7 Å². The second kappa shape index (κ2) is 8.95. The van der Waals surface area contributed by atoms with E-state index in [4.69, 9.17) is 0 Å². The van der Waals surface area contributed by atoms with Crippen LogP contribution in [0.15, 0.2) is 28.7 Å². The van der Waals surface area contributed by atoms with Gasteiger partial charge >= 0.3 is 0 Å². The van der Waals surface area contributed by atoms with Crippen molar-refractivity contribution in [1.82, 2.24) is 9.80 Å². The van der Waals surface area contributed by atoms with Crippen LogP contribution in [0.3, 0.4) is 0 Å². The van der Waals surface area contributed by atoms with E-state index in [1.807, 2.05) is 29.2 Å². The molecule has 6 nitrogen and oxygen atoms in total. The maximum absolute atomic E-state index is 12.4. The molecule has 1 amide bonds. The zero-order chi connectivity index (χ0) is 19.4. The maximum Gasteiger partial charge on any atom is 0.232 e. The van der Waals surface area contributed by atoms with E-state index in [0.29, 0.717) is 38.4 Å². The number of nitrogens with zero attached hydrogens (tertiary/aromatic N) is 3. The number of carbonyl (C=O) groups excluding carboxylic acids is 1. The van der Waals surface area contributed by atoms with Gasteiger partial charge < -0.3 is 4.90 Å². The quantitative estimate of drug-likeness (QED) is 0.653. The van der Waals surface area contributed by atoms with Crippen LogP contribution in [0.5, 0.6) is 0 Å². The molecule has 0 spiro atoms. The monoisotopic (exact) mass is 471 g/mol. The van der Waals surface area contributed by atoms with Crippen molar-refractivity contribution in [1.29, 1.82) is 5.26 Å². The Morgan fingerprint density at radius 3 is 2.48 bits per heavy atom. The fraction of sp³-hybridized carbons (Fsp3) is 0.556. The van der Waals surface area contributed by atoms with E-state index in [2.05, 4.69) is 26.9 Å². The normalized spacial score (nSPS) is 23.7. The molecular formula is C18H22BrN3O3S2. The summed E-state index contributed by atoms with van der Waals surface area (Å²) < 4.78 is 24.0. The lowest BCUT2D eigenvalue weighted by Gasteiger charge is -2.37. The summed E-state index contributed by atoms with van der Waals surface area (Å²) in [6.07, 6.45) is 0.644. The van der Waals surface area contributed by atoms with Crippen molar-refractivity contribution in [3.63, 3.8) is 0 Å². The number of thioether (sulfide) groups is 1. The van der Waals surface area contributed by atoms with Crippen LogP contribution in [-0.4, -0.2) is 72.8 Å². The molecule has 1 aromatic rings.